The lowest BCUT2D eigenvalue weighted by atomic mass is 9.98. The third kappa shape index (κ3) is 5.73. The van der Waals surface area contributed by atoms with Crippen molar-refractivity contribution in [3.63, 3.8) is 0 Å². The van der Waals surface area contributed by atoms with E-state index in [1.54, 1.807) is 0 Å². The SMILES string of the molecule is CCC1CCCC(NCC(C)CN2CCCCC2)CC1. The second-order valence-corrected chi connectivity index (χ2v) is 7.35. The Balaban J connectivity index is 1.61. The topological polar surface area (TPSA) is 15.3 Å². The standard InChI is InChI=1S/C18H36N2/c1-3-17-8-7-9-18(11-10-17)19-14-16(2)15-20-12-5-4-6-13-20/h16-19H,3-15H2,1-2H3. The molecule has 0 bridgehead atoms. The van der Waals surface area contributed by atoms with E-state index in [0.29, 0.717) is 0 Å². The van der Waals surface area contributed by atoms with Crippen LogP contribution in [0.3, 0.4) is 0 Å². The fourth-order valence-electron chi connectivity index (χ4n) is 4.01. The molecule has 20 heavy (non-hydrogen) atoms. The Bertz CT molecular complexity index is 248. The van der Waals surface area contributed by atoms with Crippen LogP contribution in [0.5, 0.6) is 0 Å². The van der Waals surface area contributed by atoms with E-state index in [1.165, 1.54) is 84.0 Å². The molecule has 1 saturated carbocycles. The van der Waals surface area contributed by atoms with Crippen molar-refractivity contribution < 1.29 is 0 Å². The molecule has 0 aromatic rings. The van der Waals surface area contributed by atoms with Crippen molar-refractivity contribution in [3.05, 3.63) is 0 Å². The van der Waals surface area contributed by atoms with Crippen LogP contribution in [0.1, 0.15) is 71.6 Å². The van der Waals surface area contributed by atoms with Gasteiger partial charge in [-0.05, 0) is 63.6 Å². The number of nitrogens with zero attached hydrogens (tertiary/aromatic N) is 1. The van der Waals surface area contributed by atoms with E-state index in [1.807, 2.05) is 0 Å². The summed E-state index contributed by atoms with van der Waals surface area (Å²) in [5, 5.41) is 3.87. The van der Waals surface area contributed by atoms with Gasteiger partial charge in [0.25, 0.3) is 0 Å². The van der Waals surface area contributed by atoms with Crippen molar-refractivity contribution in [1.82, 2.24) is 10.2 Å². The van der Waals surface area contributed by atoms with Gasteiger partial charge >= 0.3 is 0 Å². The summed E-state index contributed by atoms with van der Waals surface area (Å²) >= 11 is 0. The van der Waals surface area contributed by atoms with Crippen LogP contribution in [0.15, 0.2) is 0 Å². The minimum Gasteiger partial charge on any atom is -0.314 e. The number of rotatable bonds is 6. The summed E-state index contributed by atoms with van der Waals surface area (Å²) in [6.45, 7) is 9.99. The third-order valence-corrected chi connectivity index (χ3v) is 5.44. The average Bonchev–Trinajstić information content (AvgIpc) is 2.71. The van der Waals surface area contributed by atoms with Crippen LogP contribution in [-0.4, -0.2) is 37.1 Å². The van der Waals surface area contributed by atoms with Gasteiger partial charge in [0.15, 0.2) is 0 Å². The molecule has 0 radical (unpaired) electrons. The Labute approximate surface area is 126 Å². The number of nitrogens with one attached hydrogen (secondary N) is 1. The van der Waals surface area contributed by atoms with Gasteiger partial charge in [-0.15, -0.1) is 0 Å². The molecule has 3 atom stereocenters. The smallest absolute Gasteiger partial charge is 0.00672 e. The first-order valence-corrected chi connectivity index (χ1v) is 9.23. The van der Waals surface area contributed by atoms with Crippen molar-refractivity contribution in [2.24, 2.45) is 11.8 Å². The Morgan fingerprint density at radius 2 is 1.80 bits per heavy atom. The molecular weight excluding hydrogens is 244 g/mol. The largest absolute Gasteiger partial charge is 0.314 e. The molecule has 2 nitrogen and oxygen atoms in total. The van der Waals surface area contributed by atoms with Crippen LogP contribution in [0.2, 0.25) is 0 Å². The van der Waals surface area contributed by atoms with Crippen LogP contribution in [0.25, 0.3) is 0 Å². The highest BCUT2D eigenvalue weighted by molar-refractivity contribution is 4.76. The zero-order valence-electron chi connectivity index (χ0n) is 13.9. The molecule has 0 aromatic carbocycles. The number of likely N-dealkylation sites (tertiary alicyclic amines) is 1. The van der Waals surface area contributed by atoms with Gasteiger partial charge in [-0.2, -0.15) is 0 Å². The molecular formula is C18H36N2. The monoisotopic (exact) mass is 280 g/mol. The highest BCUT2D eigenvalue weighted by Gasteiger charge is 2.19. The second kappa shape index (κ2) is 9.04. The van der Waals surface area contributed by atoms with E-state index in [2.05, 4.69) is 24.1 Å². The molecule has 0 amide bonds. The van der Waals surface area contributed by atoms with Gasteiger partial charge in [0.2, 0.25) is 0 Å². The van der Waals surface area contributed by atoms with E-state index in [0.717, 1.165) is 17.9 Å². The zero-order chi connectivity index (χ0) is 14.2. The van der Waals surface area contributed by atoms with E-state index in [-0.39, 0.29) is 0 Å². The highest BCUT2D eigenvalue weighted by atomic mass is 15.1. The van der Waals surface area contributed by atoms with Gasteiger partial charge in [-0.3, -0.25) is 0 Å². The zero-order valence-corrected chi connectivity index (χ0v) is 13.9. The third-order valence-electron chi connectivity index (χ3n) is 5.44. The fourth-order valence-corrected chi connectivity index (χ4v) is 4.01. The van der Waals surface area contributed by atoms with Crippen molar-refractivity contribution >= 4 is 0 Å². The van der Waals surface area contributed by atoms with E-state index in [4.69, 9.17) is 0 Å². The molecule has 1 aliphatic heterocycles. The second-order valence-electron chi connectivity index (χ2n) is 7.35. The Kier molecular flexibility index (Phi) is 7.37. The first-order chi connectivity index (χ1) is 9.78. The van der Waals surface area contributed by atoms with Crippen LogP contribution in [0.4, 0.5) is 0 Å². The molecule has 1 aliphatic carbocycles. The molecule has 2 fully saturated rings. The van der Waals surface area contributed by atoms with Crippen LogP contribution in [-0.2, 0) is 0 Å². The minimum atomic E-state index is 0.801. The summed E-state index contributed by atoms with van der Waals surface area (Å²) in [6, 6.07) is 0.801. The fraction of sp³-hybridized carbons (Fsp3) is 1.00. The quantitative estimate of drug-likeness (QED) is 0.738. The summed E-state index contributed by atoms with van der Waals surface area (Å²) in [4.78, 5) is 2.68. The number of hydrogen-bond donors (Lipinski definition) is 1. The maximum absolute atomic E-state index is 3.87. The molecule has 0 aromatic heterocycles. The van der Waals surface area contributed by atoms with Gasteiger partial charge in [0.05, 0.1) is 0 Å². The Hall–Kier alpha value is -0.0800. The highest BCUT2D eigenvalue weighted by Crippen LogP contribution is 2.25. The molecule has 3 unspecified atom stereocenters. The predicted octanol–water partition coefficient (Wildman–Crippen LogP) is 4.06. The summed E-state index contributed by atoms with van der Waals surface area (Å²) in [5.74, 6) is 1.81. The predicted molar refractivity (Wildman–Crippen MR) is 88.1 cm³/mol. The molecule has 2 heteroatoms. The van der Waals surface area contributed by atoms with Crippen LogP contribution >= 0.6 is 0 Å². The summed E-state index contributed by atoms with van der Waals surface area (Å²) in [5.41, 5.74) is 0. The van der Waals surface area contributed by atoms with Crippen LogP contribution in [0, 0.1) is 11.8 Å². The summed E-state index contributed by atoms with van der Waals surface area (Å²) in [6.07, 6.45) is 12.9. The molecule has 1 saturated heterocycles. The molecule has 0 spiro atoms. The molecule has 1 heterocycles. The molecule has 2 rings (SSSR count). The van der Waals surface area contributed by atoms with E-state index in [9.17, 15) is 0 Å². The first kappa shape index (κ1) is 16.3. The van der Waals surface area contributed by atoms with E-state index < -0.39 is 0 Å². The maximum atomic E-state index is 3.87. The minimum absolute atomic E-state index is 0.801. The normalized spacial score (nSPS) is 30.9. The van der Waals surface area contributed by atoms with Gasteiger partial charge in [-0.25, -0.2) is 0 Å². The lowest BCUT2D eigenvalue weighted by molar-refractivity contribution is 0.196. The van der Waals surface area contributed by atoms with Crippen LogP contribution < -0.4 is 5.32 Å². The van der Waals surface area contributed by atoms with Crippen molar-refractivity contribution in [2.75, 3.05) is 26.2 Å². The Morgan fingerprint density at radius 3 is 2.55 bits per heavy atom. The van der Waals surface area contributed by atoms with Crippen molar-refractivity contribution in [3.8, 4) is 0 Å². The van der Waals surface area contributed by atoms with E-state index >= 15 is 0 Å². The lowest BCUT2D eigenvalue weighted by Crippen LogP contribution is -2.39. The van der Waals surface area contributed by atoms with Gasteiger partial charge in [-0.1, -0.05) is 39.5 Å². The Morgan fingerprint density at radius 1 is 1.00 bits per heavy atom. The van der Waals surface area contributed by atoms with Gasteiger partial charge in [0, 0.05) is 12.6 Å². The molecule has 2 aliphatic rings. The summed E-state index contributed by atoms with van der Waals surface area (Å²) in [7, 11) is 0. The molecule has 1 N–H and O–H groups in total. The number of piperidine rings is 1. The lowest BCUT2D eigenvalue weighted by Gasteiger charge is -2.30. The first-order valence-electron chi connectivity index (χ1n) is 9.23. The van der Waals surface area contributed by atoms with Crippen molar-refractivity contribution in [2.45, 2.75) is 77.7 Å². The number of hydrogen-bond acceptors (Lipinski definition) is 2. The molecule has 118 valence electrons. The van der Waals surface area contributed by atoms with Crippen molar-refractivity contribution in [1.29, 1.82) is 0 Å². The maximum Gasteiger partial charge on any atom is 0.00672 e. The summed E-state index contributed by atoms with van der Waals surface area (Å²) < 4.78 is 0. The average molecular weight is 280 g/mol. The van der Waals surface area contributed by atoms with Gasteiger partial charge in [0.1, 0.15) is 0 Å². The van der Waals surface area contributed by atoms with Gasteiger partial charge < -0.3 is 10.2 Å².